The van der Waals surface area contributed by atoms with Crippen LogP contribution in [0.15, 0.2) is 48.5 Å². The van der Waals surface area contributed by atoms with Crippen molar-refractivity contribution >= 4 is 5.91 Å². The Kier molecular flexibility index (Phi) is 4.60. The van der Waals surface area contributed by atoms with Crippen LogP contribution >= 0.6 is 0 Å². The molecule has 1 atom stereocenters. The number of halogens is 1. The van der Waals surface area contributed by atoms with Crippen molar-refractivity contribution in [2.45, 2.75) is 25.3 Å². The Hall–Kier alpha value is -2.36. The lowest BCUT2D eigenvalue weighted by molar-refractivity contribution is -0.134. The average molecular weight is 313 g/mol. The molecule has 0 aliphatic heterocycles. The van der Waals surface area contributed by atoms with Gasteiger partial charge in [-0.3, -0.25) is 4.79 Å². The molecule has 0 bridgehead atoms. The van der Waals surface area contributed by atoms with Crippen molar-refractivity contribution in [2.75, 3.05) is 13.7 Å². The molecule has 23 heavy (non-hydrogen) atoms. The van der Waals surface area contributed by atoms with E-state index in [1.165, 1.54) is 23.3 Å². The average Bonchev–Trinajstić information content (AvgIpc) is 2.59. The second kappa shape index (κ2) is 6.82. The molecule has 0 heterocycles. The molecule has 4 heteroatoms. The molecule has 0 N–H and O–H groups in total. The highest BCUT2D eigenvalue weighted by Crippen LogP contribution is 2.33. The van der Waals surface area contributed by atoms with Gasteiger partial charge in [-0.05, 0) is 42.5 Å². The normalized spacial score (nSPS) is 16.5. The third kappa shape index (κ3) is 3.36. The van der Waals surface area contributed by atoms with Gasteiger partial charge in [0.2, 0.25) is 0 Å². The number of rotatable bonds is 4. The van der Waals surface area contributed by atoms with Crippen LogP contribution in [-0.2, 0) is 11.2 Å². The molecule has 120 valence electrons. The summed E-state index contributed by atoms with van der Waals surface area (Å²) in [5.74, 6) is -0.487. The van der Waals surface area contributed by atoms with Crippen molar-refractivity contribution in [1.29, 1.82) is 0 Å². The van der Waals surface area contributed by atoms with Gasteiger partial charge < -0.3 is 9.64 Å². The monoisotopic (exact) mass is 313 g/mol. The predicted molar refractivity (Wildman–Crippen MR) is 86.8 cm³/mol. The van der Waals surface area contributed by atoms with Gasteiger partial charge in [-0.15, -0.1) is 0 Å². The zero-order chi connectivity index (χ0) is 16.2. The Morgan fingerprint density at radius 2 is 1.96 bits per heavy atom. The van der Waals surface area contributed by atoms with Gasteiger partial charge in [0.25, 0.3) is 5.91 Å². The van der Waals surface area contributed by atoms with Crippen LogP contribution < -0.4 is 4.74 Å². The van der Waals surface area contributed by atoms with Crippen LogP contribution in [0.2, 0.25) is 0 Å². The maximum atomic E-state index is 13.5. The number of fused-ring (bicyclic) bond motifs is 1. The molecular formula is C19H20FNO2. The van der Waals surface area contributed by atoms with Gasteiger partial charge in [0.1, 0.15) is 0 Å². The molecule has 0 saturated carbocycles. The highest BCUT2D eigenvalue weighted by Gasteiger charge is 2.26. The Bertz CT molecular complexity index is 701. The summed E-state index contributed by atoms with van der Waals surface area (Å²) >= 11 is 0. The summed E-state index contributed by atoms with van der Waals surface area (Å²) in [6.07, 6.45) is 3.06. The Labute approximate surface area is 135 Å². The quantitative estimate of drug-likeness (QED) is 0.860. The highest BCUT2D eigenvalue weighted by molar-refractivity contribution is 5.78. The second-order valence-corrected chi connectivity index (χ2v) is 5.83. The van der Waals surface area contributed by atoms with E-state index in [0.717, 1.165) is 19.3 Å². The third-order valence-electron chi connectivity index (χ3n) is 4.39. The number of aryl methyl sites for hydroxylation is 1. The molecule has 0 aromatic heterocycles. The van der Waals surface area contributed by atoms with Crippen LogP contribution in [0.25, 0.3) is 0 Å². The van der Waals surface area contributed by atoms with Crippen LogP contribution in [0.3, 0.4) is 0 Å². The van der Waals surface area contributed by atoms with Gasteiger partial charge in [-0.2, -0.15) is 0 Å². The molecule has 0 saturated heterocycles. The molecule has 1 aliphatic carbocycles. The van der Waals surface area contributed by atoms with Gasteiger partial charge >= 0.3 is 0 Å². The van der Waals surface area contributed by atoms with Crippen LogP contribution in [0.1, 0.15) is 30.0 Å². The number of benzene rings is 2. The number of ether oxygens (including phenoxy) is 1. The maximum absolute atomic E-state index is 13.5. The minimum atomic E-state index is -0.453. The third-order valence-corrected chi connectivity index (χ3v) is 4.39. The van der Waals surface area contributed by atoms with Crippen molar-refractivity contribution in [1.82, 2.24) is 4.90 Å². The molecule has 0 fully saturated rings. The van der Waals surface area contributed by atoms with E-state index < -0.39 is 5.82 Å². The fraction of sp³-hybridized carbons (Fsp3) is 0.316. The van der Waals surface area contributed by atoms with E-state index in [9.17, 15) is 9.18 Å². The Balaban J connectivity index is 1.68. The summed E-state index contributed by atoms with van der Waals surface area (Å²) in [7, 11) is 1.79. The van der Waals surface area contributed by atoms with Crippen molar-refractivity contribution in [3.8, 4) is 5.75 Å². The minimum Gasteiger partial charge on any atom is -0.481 e. The summed E-state index contributed by atoms with van der Waals surface area (Å²) in [4.78, 5) is 14.1. The van der Waals surface area contributed by atoms with E-state index in [4.69, 9.17) is 4.74 Å². The van der Waals surface area contributed by atoms with Gasteiger partial charge in [0, 0.05) is 7.05 Å². The number of amides is 1. The number of carbonyl (C=O) groups excluding carboxylic acids is 1. The second-order valence-electron chi connectivity index (χ2n) is 5.83. The van der Waals surface area contributed by atoms with Crippen LogP contribution in [0, 0.1) is 5.82 Å². The minimum absolute atomic E-state index is 0.0664. The van der Waals surface area contributed by atoms with Crippen LogP contribution in [0.5, 0.6) is 5.75 Å². The lowest BCUT2D eigenvalue weighted by Crippen LogP contribution is -2.36. The SMILES string of the molecule is CN(C(=O)COc1ccccc1F)C1CCCc2ccccc21. The summed E-state index contributed by atoms with van der Waals surface area (Å²) in [5.41, 5.74) is 2.51. The lowest BCUT2D eigenvalue weighted by Gasteiger charge is -2.33. The van der Waals surface area contributed by atoms with Crippen molar-refractivity contribution in [3.63, 3.8) is 0 Å². The van der Waals surface area contributed by atoms with Crippen LogP contribution in [-0.4, -0.2) is 24.5 Å². The first-order valence-corrected chi connectivity index (χ1v) is 7.87. The molecule has 0 spiro atoms. The van der Waals surface area contributed by atoms with Gasteiger partial charge in [0.15, 0.2) is 18.2 Å². The molecule has 3 rings (SSSR count). The Morgan fingerprint density at radius 3 is 2.78 bits per heavy atom. The molecule has 2 aromatic rings. The number of nitrogens with zero attached hydrogens (tertiary/aromatic N) is 1. The number of carbonyl (C=O) groups is 1. The summed E-state index contributed by atoms with van der Waals surface area (Å²) < 4.78 is 18.9. The van der Waals surface area contributed by atoms with Crippen molar-refractivity contribution in [3.05, 3.63) is 65.5 Å². The molecule has 3 nitrogen and oxygen atoms in total. The molecule has 1 aliphatic rings. The predicted octanol–water partition coefficient (Wildman–Crippen LogP) is 3.74. The maximum Gasteiger partial charge on any atom is 0.260 e. The van der Waals surface area contributed by atoms with E-state index in [1.54, 1.807) is 24.1 Å². The standard InChI is InChI=1S/C19H20FNO2/c1-21(17-11-6-8-14-7-2-3-9-15(14)17)19(22)13-23-18-12-5-4-10-16(18)20/h2-5,7,9-10,12,17H,6,8,11,13H2,1H3. The molecule has 2 aromatic carbocycles. The smallest absolute Gasteiger partial charge is 0.260 e. The van der Waals surface area contributed by atoms with E-state index >= 15 is 0 Å². The van der Waals surface area contributed by atoms with Crippen molar-refractivity contribution < 1.29 is 13.9 Å². The number of hydrogen-bond donors (Lipinski definition) is 0. The first-order valence-electron chi connectivity index (χ1n) is 7.87. The van der Waals surface area contributed by atoms with Gasteiger partial charge in [-0.25, -0.2) is 4.39 Å². The first-order chi connectivity index (χ1) is 11.2. The summed E-state index contributed by atoms with van der Waals surface area (Å²) in [6.45, 7) is -0.157. The molecule has 1 amide bonds. The van der Waals surface area contributed by atoms with Crippen LogP contribution in [0.4, 0.5) is 4.39 Å². The fourth-order valence-corrected chi connectivity index (χ4v) is 3.11. The zero-order valence-corrected chi connectivity index (χ0v) is 13.2. The van der Waals surface area contributed by atoms with E-state index in [1.807, 2.05) is 12.1 Å². The first kappa shape index (κ1) is 15.5. The molecule has 1 unspecified atom stereocenters. The Morgan fingerprint density at radius 1 is 1.22 bits per heavy atom. The van der Waals surface area contributed by atoms with Crippen molar-refractivity contribution in [2.24, 2.45) is 0 Å². The summed E-state index contributed by atoms with van der Waals surface area (Å²) in [6, 6.07) is 14.4. The lowest BCUT2D eigenvalue weighted by atomic mass is 9.87. The number of likely N-dealkylation sites (N-methyl/N-ethyl adjacent to an activating group) is 1. The number of para-hydroxylation sites is 1. The topological polar surface area (TPSA) is 29.5 Å². The summed E-state index contributed by atoms with van der Waals surface area (Å²) in [5, 5.41) is 0. The molecule has 0 radical (unpaired) electrons. The fourth-order valence-electron chi connectivity index (χ4n) is 3.11. The highest BCUT2D eigenvalue weighted by atomic mass is 19.1. The number of hydrogen-bond acceptors (Lipinski definition) is 2. The van der Waals surface area contributed by atoms with E-state index in [-0.39, 0.29) is 24.3 Å². The van der Waals surface area contributed by atoms with E-state index in [2.05, 4.69) is 12.1 Å². The van der Waals surface area contributed by atoms with Gasteiger partial charge in [-0.1, -0.05) is 36.4 Å². The van der Waals surface area contributed by atoms with Gasteiger partial charge in [0.05, 0.1) is 6.04 Å². The van der Waals surface area contributed by atoms with E-state index in [0.29, 0.717) is 0 Å². The zero-order valence-electron chi connectivity index (χ0n) is 13.2. The molecular weight excluding hydrogens is 293 g/mol. The largest absolute Gasteiger partial charge is 0.481 e.